The SMILES string of the molecule is COC(=O)[C@@H]1[C@H](C(=O)N(C)OC)[C@H](OC)C[C@H]1C(C)=O. The lowest BCUT2D eigenvalue weighted by Crippen LogP contribution is -2.42. The van der Waals surface area contributed by atoms with Crippen LogP contribution >= 0.6 is 0 Å². The third kappa shape index (κ3) is 2.99. The summed E-state index contributed by atoms with van der Waals surface area (Å²) in [4.78, 5) is 40.9. The third-order valence-electron chi connectivity index (χ3n) is 3.87. The van der Waals surface area contributed by atoms with Crippen LogP contribution in [0.25, 0.3) is 0 Å². The Kier molecular flexibility index (Phi) is 5.64. The second kappa shape index (κ2) is 6.81. The highest BCUT2D eigenvalue weighted by molar-refractivity contribution is 5.91. The average molecular weight is 287 g/mol. The Bertz CT molecular complexity index is 396. The number of amides is 1. The summed E-state index contributed by atoms with van der Waals surface area (Å²) in [6, 6.07) is 0. The molecular formula is C13H21NO6. The molecule has 7 heteroatoms. The maximum atomic E-state index is 12.3. The van der Waals surface area contributed by atoms with Gasteiger partial charge in [0.2, 0.25) is 0 Å². The molecule has 0 saturated heterocycles. The van der Waals surface area contributed by atoms with Gasteiger partial charge in [0.25, 0.3) is 5.91 Å². The van der Waals surface area contributed by atoms with Crippen molar-refractivity contribution in [2.75, 3.05) is 28.4 Å². The van der Waals surface area contributed by atoms with Gasteiger partial charge in [-0.15, -0.1) is 0 Å². The number of hydrogen-bond acceptors (Lipinski definition) is 6. The molecule has 0 heterocycles. The van der Waals surface area contributed by atoms with Crippen molar-refractivity contribution in [2.24, 2.45) is 17.8 Å². The number of carbonyl (C=O) groups excluding carboxylic acids is 3. The molecule has 0 spiro atoms. The molecule has 4 atom stereocenters. The van der Waals surface area contributed by atoms with E-state index >= 15 is 0 Å². The predicted molar refractivity (Wildman–Crippen MR) is 68.4 cm³/mol. The zero-order valence-corrected chi connectivity index (χ0v) is 12.4. The highest BCUT2D eigenvalue weighted by Crippen LogP contribution is 2.41. The van der Waals surface area contributed by atoms with E-state index in [1.165, 1.54) is 35.3 Å². The number of nitrogens with zero attached hydrogens (tertiary/aromatic N) is 1. The summed E-state index contributed by atoms with van der Waals surface area (Å²) >= 11 is 0. The van der Waals surface area contributed by atoms with Crippen LogP contribution in [0.1, 0.15) is 13.3 Å². The van der Waals surface area contributed by atoms with Crippen LogP contribution in [-0.2, 0) is 28.7 Å². The van der Waals surface area contributed by atoms with Gasteiger partial charge in [-0.1, -0.05) is 0 Å². The van der Waals surface area contributed by atoms with Gasteiger partial charge in [-0.05, 0) is 13.3 Å². The minimum Gasteiger partial charge on any atom is -0.469 e. The van der Waals surface area contributed by atoms with E-state index in [4.69, 9.17) is 14.3 Å². The monoisotopic (exact) mass is 287 g/mol. The number of rotatable bonds is 5. The van der Waals surface area contributed by atoms with Crippen LogP contribution in [0.3, 0.4) is 0 Å². The lowest BCUT2D eigenvalue weighted by molar-refractivity contribution is -0.181. The van der Waals surface area contributed by atoms with E-state index < -0.39 is 35.7 Å². The second-order valence-electron chi connectivity index (χ2n) is 4.82. The van der Waals surface area contributed by atoms with Crippen LogP contribution in [0.2, 0.25) is 0 Å². The first kappa shape index (κ1) is 16.6. The summed E-state index contributed by atoms with van der Waals surface area (Å²) in [7, 11) is 5.49. The Hall–Kier alpha value is -1.47. The first-order chi connectivity index (χ1) is 9.38. The predicted octanol–water partition coefficient (Wildman–Crippen LogP) is 0.0355. The van der Waals surface area contributed by atoms with E-state index in [0.29, 0.717) is 6.42 Å². The largest absolute Gasteiger partial charge is 0.469 e. The van der Waals surface area contributed by atoms with Crippen molar-refractivity contribution in [1.82, 2.24) is 5.06 Å². The van der Waals surface area contributed by atoms with Crippen LogP contribution in [0, 0.1) is 17.8 Å². The lowest BCUT2D eigenvalue weighted by atomic mass is 9.86. The zero-order chi connectivity index (χ0) is 15.4. The minimum atomic E-state index is -0.840. The van der Waals surface area contributed by atoms with Crippen molar-refractivity contribution >= 4 is 17.7 Å². The van der Waals surface area contributed by atoms with Gasteiger partial charge < -0.3 is 9.47 Å². The highest BCUT2D eigenvalue weighted by atomic mass is 16.7. The number of carbonyl (C=O) groups is 3. The lowest BCUT2D eigenvalue weighted by Gasteiger charge is -2.26. The third-order valence-corrected chi connectivity index (χ3v) is 3.87. The van der Waals surface area contributed by atoms with Crippen LogP contribution in [0.5, 0.6) is 0 Å². The fourth-order valence-electron chi connectivity index (χ4n) is 2.75. The molecule has 1 aliphatic rings. The zero-order valence-electron chi connectivity index (χ0n) is 12.4. The number of ether oxygens (including phenoxy) is 2. The first-order valence-electron chi connectivity index (χ1n) is 6.31. The number of hydrogen-bond donors (Lipinski definition) is 0. The van der Waals surface area contributed by atoms with Crippen molar-refractivity contribution in [3.05, 3.63) is 0 Å². The van der Waals surface area contributed by atoms with Gasteiger partial charge in [0.1, 0.15) is 5.78 Å². The standard InChI is InChI=1S/C13H21NO6/c1-7(15)8-6-9(18-3)11(10(8)13(17)19-4)12(16)14(2)20-5/h8-11H,6H2,1-5H3/t8-,9+,10-,11+/m0/s1. The molecule has 0 bridgehead atoms. The molecule has 0 aromatic carbocycles. The molecular weight excluding hydrogens is 266 g/mol. The summed E-state index contributed by atoms with van der Waals surface area (Å²) in [6.07, 6.45) is -0.197. The van der Waals surface area contributed by atoms with Crippen molar-refractivity contribution in [1.29, 1.82) is 0 Å². The fourth-order valence-corrected chi connectivity index (χ4v) is 2.75. The Morgan fingerprint density at radius 2 is 1.70 bits per heavy atom. The summed E-state index contributed by atoms with van der Waals surface area (Å²) in [6.45, 7) is 1.40. The minimum absolute atomic E-state index is 0.155. The molecule has 7 nitrogen and oxygen atoms in total. The smallest absolute Gasteiger partial charge is 0.310 e. The van der Waals surface area contributed by atoms with E-state index in [-0.39, 0.29) is 5.78 Å². The van der Waals surface area contributed by atoms with Gasteiger partial charge in [0.15, 0.2) is 0 Å². The first-order valence-corrected chi connectivity index (χ1v) is 6.31. The number of hydroxylamine groups is 2. The van der Waals surface area contributed by atoms with Crippen LogP contribution in [0.15, 0.2) is 0 Å². The molecule has 1 fully saturated rings. The highest BCUT2D eigenvalue weighted by Gasteiger charge is 2.54. The molecule has 0 aromatic heterocycles. The van der Waals surface area contributed by atoms with Crippen LogP contribution < -0.4 is 0 Å². The maximum Gasteiger partial charge on any atom is 0.310 e. The second-order valence-corrected chi connectivity index (χ2v) is 4.82. The fraction of sp³-hybridized carbons (Fsp3) is 0.769. The maximum absolute atomic E-state index is 12.3. The summed E-state index contributed by atoms with van der Waals surface area (Å²) in [5.41, 5.74) is 0. The number of esters is 1. The van der Waals surface area contributed by atoms with Gasteiger partial charge >= 0.3 is 5.97 Å². The summed E-state index contributed by atoms with van der Waals surface area (Å²) in [5, 5.41) is 1.04. The number of Topliss-reactive ketones (excluding diaryl/α,β-unsaturated/α-hetero) is 1. The molecule has 1 aliphatic carbocycles. The normalized spacial score (nSPS) is 29.1. The van der Waals surface area contributed by atoms with Crippen molar-refractivity contribution in [3.8, 4) is 0 Å². The van der Waals surface area contributed by atoms with Gasteiger partial charge in [0, 0.05) is 20.1 Å². The van der Waals surface area contributed by atoms with Crippen LogP contribution in [-0.4, -0.2) is 57.2 Å². The topological polar surface area (TPSA) is 82.1 Å². The Balaban J connectivity index is 3.15. The van der Waals surface area contributed by atoms with Crippen LogP contribution in [0.4, 0.5) is 0 Å². The average Bonchev–Trinajstić information content (AvgIpc) is 2.84. The Morgan fingerprint density at radius 3 is 2.10 bits per heavy atom. The van der Waals surface area contributed by atoms with E-state index in [2.05, 4.69) is 0 Å². The molecule has 1 rings (SSSR count). The molecule has 114 valence electrons. The van der Waals surface area contributed by atoms with Gasteiger partial charge in [-0.2, -0.15) is 0 Å². The van der Waals surface area contributed by atoms with Crippen molar-refractivity contribution in [3.63, 3.8) is 0 Å². The van der Waals surface area contributed by atoms with E-state index in [0.717, 1.165) is 5.06 Å². The van der Waals surface area contributed by atoms with E-state index in [1.807, 2.05) is 0 Å². The summed E-state index contributed by atoms with van der Waals surface area (Å²) < 4.78 is 10.0. The molecule has 1 amide bonds. The van der Waals surface area contributed by atoms with Gasteiger partial charge in [-0.25, -0.2) is 5.06 Å². The van der Waals surface area contributed by atoms with E-state index in [1.54, 1.807) is 0 Å². The molecule has 1 saturated carbocycles. The molecule has 0 N–H and O–H groups in total. The quantitative estimate of drug-likeness (QED) is 0.524. The molecule has 0 aliphatic heterocycles. The molecule has 0 radical (unpaired) electrons. The van der Waals surface area contributed by atoms with Gasteiger partial charge in [-0.3, -0.25) is 19.2 Å². The van der Waals surface area contributed by atoms with Gasteiger partial charge in [0.05, 0.1) is 32.2 Å². The van der Waals surface area contributed by atoms with Crippen molar-refractivity contribution < 1.29 is 28.7 Å². The molecule has 0 aromatic rings. The number of ketones is 1. The molecule has 20 heavy (non-hydrogen) atoms. The Labute approximate surface area is 118 Å². The number of methoxy groups -OCH3 is 2. The Morgan fingerprint density at radius 1 is 1.10 bits per heavy atom. The van der Waals surface area contributed by atoms with Crippen molar-refractivity contribution in [2.45, 2.75) is 19.4 Å². The summed E-state index contributed by atoms with van der Waals surface area (Å²) in [5.74, 6) is -3.34. The van der Waals surface area contributed by atoms with E-state index in [9.17, 15) is 14.4 Å². The molecule has 0 unspecified atom stereocenters.